The SMILES string of the molecule is Cc1oc(-c2ccc(C(F)(F)F)cc2)nc1COc1ccc2c(ccn2CC(=O)O)c1. The smallest absolute Gasteiger partial charge is 0.416 e. The van der Waals surface area contributed by atoms with Crippen LogP contribution >= 0.6 is 0 Å². The third kappa shape index (κ3) is 4.40. The van der Waals surface area contributed by atoms with Crippen LogP contribution in [-0.4, -0.2) is 20.6 Å². The highest BCUT2D eigenvalue weighted by molar-refractivity contribution is 5.83. The molecular formula is C22H17F3N2O4. The van der Waals surface area contributed by atoms with Gasteiger partial charge in [0.05, 0.1) is 5.56 Å². The zero-order valence-corrected chi connectivity index (χ0v) is 16.3. The second-order valence-electron chi connectivity index (χ2n) is 6.94. The minimum Gasteiger partial charge on any atom is -0.487 e. The van der Waals surface area contributed by atoms with Crippen molar-refractivity contribution < 1.29 is 32.2 Å². The van der Waals surface area contributed by atoms with E-state index in [1.165, 1.54) is 12.1 Å². The Labute approximate surface area is 174 Å². The summed E-state index contributed by atoms with van der Waals surface area (Å²) in [5, 5.41) is 9.79. The molecule has 1 N–H and O–H groups in total. The Balaban J connectivity index is 1.48. The third-order valence-corrected chi connectivity index (χ3v) is 4.78. The molecule has 0 aliphatic heterocycles. The van der Waals surface area contributed by atoms with Crippen molar-refractivity contribution in [3.63, 3.8) is 0 Å². The van der Waals surface area contributed by atoms with Crippen molar-refractivity contribution in [2.75, 3.05) is 0 Å². The number of hydrogen-bond donors (Lipinski definition) is 1. The number of fused-ring (bicyclic) bond motifs is 1. The van der Waals surface area contributed by atoms with Crippen LogP contribution in [0.4, 0.5) is 13.2 Å². The molecule has 0 unspecified atom stereocenters. The highest BCUT2D eigenvalue weighted by atomic mass is 19.4. The molecule has 0 atom stereocenters. The maximum Gasteiger partial charge on any atom is 0.416 e. The van der Waals surface area contributed by atoms with Crippen molar-refractivity contribution in [1.82, 2.24) is 9.55 Å². The van der Waals surface area contributed by atoms with Gasteiger partial charge < -0.3 is 18.8 Å². The van der Waals surface area contributed by atoms with Gasteiger partial charge in [-0.3, -0.25) is 4.79 Å². The summed E-state index contributed by atoms with van der Waals surface area (Å²) in [6.45, 7) is 1.68. The maximum atomic E-state index is 12.7. The molecule has 0 saturated carbocycles. The summed E-state index contributed by atoms with van der Waals surface area (Å²) in [7, 11) is 0. The number of oxazole rings is 1. The number of aryl methyl sites for hydroxylation is 1. The lowest BCUT2D eigenvalue weighted by Gasteiger charge is -2.06. The van der Waals surface area contributed by atoms with Gasteiger partial charge in [0, 0.05) is 22.7 Å². The largest absolute Gasteiger partial charge is 0.487 e. The zero-order valence-electron chi connectivity index (χ0n) is 16.3. The van der Waals surface area contributed by atoms with Crippen LogP contribution in [0.25, 0.3) is 22.4 Å². The fraction of sp³-hybridized carbons (Fsp3) is 0.182. The highest BCUT2D eigenvalue weighted by Crippen LogP contribution is 2.31. The normalized spacial score (nSPS) is 11.7. The molecule has 31 heavy (non-hydrogen) atoms. The number of carbonyl (C=O) groups is 1. The number of halogens is 3. The highest BCUT2D eigenvalue weighted by Gasteiger charge is 2.30. The fourth-order valence-electron chi connectivity index (χ4n) is 3.19. The lowest BCUT2D eigenvalue weighted by Crippen LogP contribution is -2.07. The van der Waals surface area contributed by atoms with Crippen LogP contribution in [0.1, 0.15) is 17.0 Å². The fourth-order valence-corrected chi connectivity index (χ4v) is 3.19. The summed E-state index contributed by atoms with van der Waals surface area (Å²) >= 11 is 0. The summed E-state index contributed by atoms with van der Waals surface area (Å²) in [5.74, 6) is 0.358. The number of carboxylic acids is 1. The number of alkyl halides is 3. The first-order valence-corrected chi connectivity index (χ1v) is 9.28. The Morgan fingerprint density at radius 1 is 1.16 bits per heavy atom. The minimum absolute atomic E-state index is 0.108. The first kappa shape index (κ1) is 20.5. The molecule has 9 heteroatoms. The topological polar surface area (TPSA) is 77.5 Å². The van der Waals surface area contributed by atoms with Gasteiger partial charge in [-0.25, -0.2) is 4.98 Å². The van der Waals surface area contributed by atoms with Gasteiger partial charge in [0.2, 0.25) is 5.89 Å². The van der Waals surface area contributed by atoms with Crippen molar-refractivity contribution in [3.8, 4) is 17.2 Å². The number of carboxylic acid groups (broad SMARTS) is 1. The van der Waals surface area contributed by atoms with Gasteiger partial charge in [-0.2, -0.15) is 13.2 Å². The molecule has 0 aliphatic carbocycles. The van der Waals surface area contributed by atoms with Gasteiger partial charge in [-0.05, 0) is 55.5 Å². The number of aliphatic carboxylic acids is 1. The average Bonchev–Trinajstić information content (AvgIpc) is 3.28. The number of ether oxygens (including phenoxy) is 1. The molecular weight excluding hydrogens is 413 g/mol. The maximum absolute atomic E-state index is 12.7. The number of nitrogens with zero attached hydrogens (tertiary/aromatic N) is 2. The minimum atomic E-state index is -4.40. The zero-order chi connectivity index (χ0) is 22.2. The van der Waals surface area contributed by atoms with E-state index < -0.39 is 17.7 Å². The van der Waals surface area contributed by atoms with E-state index in [-0.39, 0.29) is 19.0 Å². The van der Waals surface area contributed by atoms with Gasteiger partial charge in [0.25, 0.3) is 0 Å². The van der Waals surface area contributed by atoms with E-state index in [9.17, 15) is 18.0 Å². The van der Waals surface area contributed by atoms with Crippen molar-refractivity contribution in [2.24, 2.45) is 0 Å². The van der Waals surface area contributed by atoms with Crippen LogP contribution in [0.5, 0.6) is 5.75 Å². The number of aromatic nitrogens is 2. The summed E-state index contributed by atoms with van der Waals surface area (Å²) in [5.41, 5.74) is 0.995. The predicted molar refractivity (Wildman–Crippen MR) is 106 cm³/mol. The summed E-state index contributed by atoms with van der Waals surface area (Å²) < 4.78 is 51.2. The van der Waals surface area contributed by atoms with Gasteiger partial charge in [-0.15, -0.1) is 0 Å². The van der Waals surface area contributed by atoms with Crippen molar-refractivity contribution in [1.29, 1.82) is 0 Å². The first-order valence-electron chi connectivity index (χ1n) is 9.28. The number of hydrogen-bond acceptors (Lipinski definition) is 4. The Hall–Kier alpha value is -3.75. The molecule has 6 nitrogen and oxygen atoms in total. The lowest BCUT2D eigenvalue weighted by molar-refractivity contribution is -0.138. The van der Waals surface area contributed by atoms with Gasteiger partial charge in [0.15, 0.2) is 0 Å². The molecule has 0 bridgehead atoms. The van der Waals surface area contributed by atoms with Gasteiger partial charge in [-0.1, -0.05) is 0 Å². The van der Waals surface area contributed by atoms with E-state index in [4.69, 9.17) is 14.3 Å². The van der Waals surface area contributed by atoms with Crippen molar-refractivity contribution in [2.45, 2.75) is 26.3 Å². The van der Waals surface area contributed by atoms with Crippen LogP contribution in [-0.2, 0) is 24.1 Å². The molecule has 2 aromatic carbocycles. The molecule has 0 amide bonds. The molecule has 0 aliphatic rings. The number of benzene rings is 2. The average molecular weight is 430 g/mol. The van der Waals surface area contributed by atoms with Crippen LogP contribution in [0.2, 0.25) is 0 Å². The van der Waals surface area contributed by atoms with E-state index in [0.29, 0.717) is 22.8 Å². The van der Waals surface area contributed by atoms with E-state index in [1.54, 1.807) is 42.0 Å². The van der Waals surface area contributed by atoms with E-state index in [1.807, 2.05) is 0 Å². The number of rotatable bonds is 6. The summed E-state index contributed by atoms with van der Waals surface area (Å²) in [6.07, 6.45) is -2.71. The standard InChI is InChI=1S/C22H17F3N2O4/c1-13-18(26-21(31-13)14-2-4-16(5-3-14)22(23,24)25)12-30-17-6-7-19-15(10-17)8-9-27(19)11-20(28)29/h2-10H,11-12H2,1H3,(H,28,29). The summed E-state index contributed by atoms with van der Waals surface area (Å²) in [6, 6.07) is 11.7. The van der Waals surface area contributed by atoms with E-state index in [0.717, 1.165) is 23.0 Å². The second-order valence-corrected chi connectivity index (χ2v) is 6.94. The molecule has 4 aromatic rings. The molecule has 0 fully saturated rings. The Morgan fingerprint density at radius 2 is 1.90 bits per heavy atom. The van der Waals surface area contributed by atoms with Crippen LogP contribution in [0, 0.1) is 6.92 Å². The molecule has 160 valence electrons. The summed E-state index contributed by atoms with van der Waals surface area (Å²) in [4.78, 5) is 15.3. The first-order chi connectivity index (χ1) is 14.7. The third-order valence-electron chi connectivity index (χ3n) is 4.78. The lowest BCUT2D eigenvalue weighted by atomic mass is 10.1. The second kappa shape index (κ2) is 7.82. The van der Waals surface area contributed by atoms with Crippen LogP contribution in [0.15, 0.2) is 59.1 Å². The molecule has 2 heterocycles. The Morgan fingerprint density at radius 3 is 2.58 bits per heavy atom. The van der Waals surface area contributed by atoms with E-state index in [2.05, 4.69) is 4.98 Å². The van der Waals surface area contributed by atoms with Crippen molar-refractivity contribution >= 4 is 16.9 Å². The van der Waals surface area contributed by atoms with Crippen molar-refractivity contribution in [3.05, 3.63) is 71.7 Å². The van der Waals surface area contributed by atoms with Gasteiger partial charge >= 0.3 is 12.1 Å². The monoisotopic (exact) mass is 430 g/mol. The molecule has 2 aromatic heterocycles. The van der Waals surface area contributed by atoms with Crippen LogP contribution < -0.4 is 4.74 Å². The molecule has 0 saturated heterocycles. The Kier molecular flexibility index (Phi) is 5.18. The molecule has 0 spiro atoms. The van der Waals surface area contributed by atoms with Crippen LogP contribution in [0.3, 0.4) is 0 Å². The predicted octanol–water partition coefficient (Wildman–Crippen LogP) is 5.29. The Bertz CT molecular complexity index is 1240. The van der Waals surface area contributed by atoms with Gasteiger partial charge in [0.1, 0.15) is 30.4 Å². The molecule has 4 rings (SSSR count). The molecule has 0 radical (unpaired) electrons. The quantitative estimate of drug-likeness (QED) is 0.450. The van der Waals surface area contributed by atoms with E-state index >= 15 is 0 Å².